The van der Waals surface area contributed by atoms with Gasteiger partial charge in [-0.15, -0.1) is 47.0 Å². The van der Waals surface area contributed by atoms with Gasteiger partial charge in [-0.2, -0.15) is 23.5 Å². The average Bonchev–Trinajstić information content (AvgIpc) is 3.82. The van der Waals surface area contributed by atoms with Crippen molar-refractivity contribution in [2.45, 2.75) is 34.2 Å². The molecule has 2 atom stereocenters. The largest absolute Gasteiger partial charge is 0.490 e. The Morgan fingerprint density at radius 1 is 0.660 bits per heavy atom. The first-order chi connectivity index (χ1) is 23.0. The van der Waals surface area contributed by atoms with Gasteiger partial charge in [-0.1, -0.05) is 13.2 Å². The number of hydrogen-bond acceptors (Lipinski definition) is 13. The normalized spacial score (nSPS) is 16.3. The summed E-state index contributed by atoms with van der Waals surface area (Å²) in [5, 5.41) is 0. The summed E-state index contributed by atoms with van der Waals surface area (Å²) in [6, 6.07) is 14.6. The fourth-order valence-corrected chi connectivity index (χ4v) is 12.6. The van der Waals surface area contributed by atoms with Crippen LogP contribution < -0.4 is 14.2 Å². The molecular weight excluding hydrogens is 713 g/mol. The number of carbonyl (C=O) groups is 2. The van der Waals surface area contributed by atoms with Crippen LogP contribution in [0.5, 0.6) is 23.0 Å². The molecule has 4 rings (SSSR count). The van der Waals surface area contributed by atoms with Gasteiger partial charge in [-0.05, 0) is 72.9 Å². The smallest absolute Gasteiger partial charge is 0.330 e. The molecule has 2 aromatic rings. The maximum atomic E-state index is 11.9. The molecule has 0 bridgehead atoms. The number of esters is 2. The molecule has 0 aliphatic carbocycles. The van der Waals surface area contributed by atoms with Gasteiger partial charge in [-0.3, -0.25) is 0 Å². The highest BCUT2D eigenvalue weighted by molar-refractivity contribution is 8.20. The van der Waals surface area contributed by atoms with Crippen LogP contribution in [0.4, 0.5) is 0 Å². The molecule has 2 aliphatic heterocycles. The lowest BCUT2D eigenvalue weighted by Gasteiger charge is -2.18. The van der Waals surface area contributed by atoms with Gasteiger partial charge in [0, 0.05) is 46.7 Å². The predicted molar refractivity (Wildman–Crippen MR) is 205 cm³/mol. The molecule has 0 amide bonds. The van der Waals surface area contributed by atoms with Gasteiger partial charge in [0.2, 0.25) is 0 Å². The van der Waals surface area contributed by atoms with Crippen LogP contribution >= 0.6 is 70.6 Å². The summed E-state index contributed by atoms with van der Waals surface area (Å²) < 4.78 is 30.3. The zero-order valence-electron chi connectivity index (χ0n) is 26.3. The first-order valence-electron chi connectivity index (χ1n) is 15.4. The van der Waals surface area contributed by atoms with Crippen molar-refractivity contribution in [1.29, 1.82) is 0 Å². The highest BCUT2D eigenvalue weighted by Crippen LogP contribution is 2.36. The Kier molecular flexibility index (Phi) is 18.0. The Hall–Kier alpha value is -1.64. The van der Waals surface area contributed by atoms with Gasteiger partial charge >= 0.3 is 11.9 Å². The fourth-order valence-electron chi connectivity index (χ4n) is 4.32. The topological polar surface area (TPSA) is 80.3 Å². The third-order valence-electron chi connectivity index (χ3n) is 6.64. The van der Waals surface area contributed by atoms with E-state index in [0.717, 1.165) is 24.3 Å². The van der Waals surface area contributed by atoms with Crippen LogP contribution in [0.25, 0.3) is 0 Å². The molecule has 2 aliphatic rings. The maximum Gasteiger partial charge on any atom is 0.330 e. The molecule has 0 spiro atoms. The average molecular weight is 755 g/mol. The lowest BCUT2D eigenvalue weighted by Crippen LogP contribution is -2.27. The van der Waals surface area contributed by atoms with Gasteiger partial charge in [-0.25, -0.2) is 9.59 Å². The van der Waals surface area contributed by atoms with Gasteiger partial charge in [0.15, 0.2) is 0 Å². The molecule has 2 unspecified atom stereocenters. The third kappa shape index (κ3) is 15.2. The van der Waals surface area contributed by atoms with E-state index in [0.29, 0.717) is 43.7 Å². The Balaban J connectivity index is 1.18. The number of carbonyl (C=O) groups excluding carboxylic acids is 2. The standard InChI is InChI=1S/C34H42O7S6/c1-3-31(35)40-29(23-42-15-13-33-44-17-18-45-33)21-37-25-5-9-27(10-6-25)39-28-11-7-26(8-12-28)38-22-30(41-32(36)4-2)24-43-16-14-34-46-19-20-47-34/h3-12,29-30,33-34H,1-2,13-24H2. The molecule has 2 heterocycles. The van der Waals surface area contributed by atoms with Crippen molar-refractivity contribution < 1.29 is 33.3 Å². The van der Waals surface area contributed by atoms with Gasteiger partial charge in [0.25, 0.3) is 0 Å². The SMILES string of the molecule is C=CC(=O)OC(COc1ccc(Oc2ccc(OCC(CSCCC3SCCS3)OC(=O)C=C)cc2)cc1)CSCCC1SCCS1. The first-order valence-corrected chi connectivity index (χ1v) is 21.9. The zero-order valence-corrected chi connectivity index (χ0v) is 31.2. The van der Waals surface area contributed by atoms with E-state index in [4.69, 9.17) is 23.7 Å². The highest BCUT2D eigenvalue weighted by Gasteiger charge is 2.19. The molecule has 0 saturated carbocycles. The molecule has 2 fully saturated rings. The monoisotopic (exact) mass is 754 g/mol. The Morgan fingerprint density at radius 3 is 1.38 bits per heavy atom. The second-order valence-electron chi connectivity index (χ2n) is 10.3. The van der Waals surface area contributed by atoms with E-state index < -0.39 is 11.9 Å². The van der Waals surface area contributed by atoms with Crippen molar-refractivity contribution in [2.24, 2.45) is 0 Å². The van der Waals surface area contributed by atoms with E-state index in [1.54, 1.807) is 23.5 Å². The summed E-state index contributed by atoms with van der Waals surface area (Å²) in [5.74, 6) is 10.0. The number of benzene rings is 2. The van der Waals surface area contributed by atoms with E-state index in [-0.39, 0.29) is 25.4 Å². The third-order valence-corrected chi connectivity index (χ3v) is 15.2. The molecule has 47 heavy (non-hydrogen) atoms. The molecule has 0 aromatic heterocycles. The minimum atomic E-state index is -0.445. The maximum absolute atomic E-state index is 11.9. The van der Waals surface area contributed by atoms with E-state index >= 15 is 0 Å². The van der Waals surface area contributed by atoms with Crippen molar-refractivity contribution in [2.75, 3.05) is 59.2 Å². The molecule has 256 valence electrons. The Morgan fingerprint density at radius 2 is 1.02 bits per heavy atom. The number of hydrogen-bond donors (Lipinski definition) is 0. The van der Waals surface area contributed by atoms with E-state index in [2.05, 4.69) is 13.2 Å². The molecule has 7 nitrogen and oxygen atoms in total. The first kappa shape index (κ1) is 38.2. The summed E-state index contributed by atoms with van der Waals surface area (Å²) in [6.07, 6.45) is 3.92. The number of thioether (sulfide) groups is 6. The van der Waals surface area contributed by atoms with Crippen molar-refractivity contribution in [3.05, 3.63) is 73.8 Å². The minimum absolute atomic E-state index is 0.256. The lowest BCUT2D eigenvalue weighted by atomic mass is 10.3. The molecule has 0 N–H and O–H groups in total. The Labute approximate surface area is 304 Å². The molecule has 13 heteroatoms. The van der Waals surface area contributed by atoms with Gasteiger partial charge in [0.1, 0.15) is 48.4 Å². The van der Waals surface area contributed by atoms with Crippen LogP contribution in [0.3, 0.4) is 0 Å². The molecule has 0 radical (unpaired) electrons. The van der Waals surface area contributed by atoms with E-state index in [9.17, 15) is 9.59 Å². The van der Waals surface area contributed by atoms with E-state index in [1.165, 1.54) is 35.2 Å². The molecule has 2 saturated heterocycles. The Bertz CT molecular complexity index is 1140. The second-order valence-corrected chi connectivity index (χ2v) is 18.4. The number of ether oxygens (including phenoxy) is 5. The summed E-state index contributed by atoms with van der Waals surface area (Å²) in [5.41, 5.74) is 0. The fraction of sp³-hybridized carbons (Fsp3) is 0.471. The summed E-state index contributed by atoms with van der Waals surface area (Å²) in [7, 11) is 0. The van der Waals surface area contributed by atoms with Crippen LogP contribution in [-0.2, 0) is 19.1 Å². The predicted octanol–water partition coefficient (Wildman–Crippen LogP) is 8.29. The summed E-state index contributed by atoms with van der Waals surface area (Å²) in [4.78, 5) is 23.7. The molecular formula is C34H42O7S6. The van der Waals surface area contributed by atoms with Crippen molar-refractivity contribution in [3.8, 4) is 23.0 Å². The summed E-state index contributed by atoms with van der Waals surface area (Å²) in [6.45, 7) is 7.53. The zero-order chi connectivity index (χ0) is 33.1. The minimum Gasteiger partial charge on any atom is -0.490 e. The van der Waals surface area contributed by atoms with Gasteiger partial charge < -0.3 is 23.7 Å². The highest BCUT2D eigenvalue weighted by atomic mass is 32.2. The van der Waals surface area contributed by atoms with Crippen molar-refractivity contribution >= 4 is 82.5 Å². The summed E-state index contributed by atoms with van der Waals surface area (Å²) >= 11 is 11.7. The van der Waals surface area contributed by atoms with Crippen molar-refractivity contribution in [1.82, 2.24) is 0 Å². The quantitative estimate of drug-likeness (QED) is 0.0658. The van der Waals surface area contributed by atoms with Crippen molar-refractivity contribution in [3.63, 3.8) is 0 Å². The van der Waals surface area contributed by atoms with Crippen LogP contribution in [0, 0.1) is 0 Å². The lowest BCUT2D eigenvalue weighted by molar-refractivity contribution is -0.144. The van der Waals surface area contributed by atoms with E-state index in [1.807, 2.05) is 95.6 Å². The molecule has 2 aromatic carbocycles. The van der Waals surface area contributed by atoms with Crippen LogP contribution in [-0.4, -0.2) is 92.5 Å². The van der Waals surface area contributed by atoms with Gasteiger partial charge in [0.05, 0.1) is 9.16 Å². The second kappa shape index (κ2) is 22.2. The van der Waals surface area contributed by atoms with Crippen LogP contribution in [0.15, 0.2) is 73.8 Å². The van der Waals surface area contributed by atoms with Crippen LogP contribution in [0.1, 0.15) is 12.8 Å². The van der Waals surface area contributed by atoms with Crippen LogP contribution in [0.2, 0.25) is 0 Å². The number of rotatable bonds is 22.